The van der Waals surface area contributed by atoms with Crippen LogP contribution in [0.3, 0.4) is 0 Å². The zero-order valence-corrected chi connectivity index (χ0v) is 11.3. The van der Waals surface area contributed by atoms with Crippen molar-refractivity contribution in [2.75, 3.05) is 19.6 Å². The van der Waals surface area contributed by atoms with Crippen LogP contribution in [-0.2, 0) is 6.54 Å². The molecule has 1 aliphatic rings. The lowest BCUT2D eigenvalue weighted by Crippen LogP contribution is -2.57. The van der Waals surface area contributed by atoms with E-state index >= 15 is 0 Å². The molecule has 0 aromatic carbocycles. The lowest BCUT2D eigenvalue weighted by atomic mass is 10.00. The molecule has 0 bridgehead atoms. The first-order chi connectivity index (χ1) is 9.15. The van der Waals surface area contributed by atoms with Gasteiger partial charge in [0.05, 0.1) is 12.0 Å². The van der Waals surface area contributed by atoms with Crippen LogP contribution in [0.25, 0.3) is 11.5 Å². The third kappa shape index (κ3) is 2.57. The highest BCUT2D eigenvalue weighted by molar-refractivity contribution is 5.49. The van der Waals surface area contributed by atoms with E-state index in [1.54, 1.807) is 6.26 Å². The Balaban J connectivity index is 1.73. The average molecular weight is 261 g/mol. The van der Waals surface area contributed by atoms with Gasteiger partial charge in [0.15, 0.2) is 5.76 Å². The number of hydrogen-bond donors (Lipinski definition) is 1. The number of furan rings is 1. The Kier molecular flexibility index (Phi) is 3.16. The van der Waals surface area contributed by atoms with Crippen LogP contribution in [0.2, 0.25) is 0 Å². The van der Waals surface area contributed by atoms with Gasteiger partial charge in [0, 0.05) is 37.8 Å². The van der Waals surface area contributed by atoms with Gasteiger partial charge in [-0.2, -0.15) is 0 Å². The van der Waals surface area contributed by atoms with Gasteiger partial charge in [-0.05, 0) is 26.0 Å². The van der Waals surface area contributed by atoms with Crippen molar-refractivity contribution in [3.63, 3.8) is 0 Å². The molecule has 0 amide bonds. The summed E-state index contributed by atoms with van der Waals surface area (Å²) in [6, 6.07) is 5.67. The predicted molar refractivity (Wildman–Crippen MR) is 71.6 cm³/mol. The van der Waals surface area contributed by atoms with Crippen molar-refractivity contribution in [2.45, 2.75) is 25.9 Å². The van der Waals surface area contributed by atoms with Crippen molar-refractivity contribution >= 4 is 0 Å². The topological polar surface area (TPSA) is 54.4 Å². The predicted octanol–water partition coefficient (Wildman–Crippen LogP) is 2.12. The summed E-state index contributed by atoms with van der Waals surface area (Å²) in [4.78, 5) is 2.42. The molecule has 19 heavy (non-hydrogen) atoms. The van der Waals surface area contributed by atoms with Gasteiger partial charge >= 0.3 is 0 Å². The molecule has 0 unspecified atom stereocenters. The summed E-state index contributed by atoms with van der Waals surface area (Å²) in [5, 5.41) is 7.55. The smallest absolute Gasteiger partial charge is 0.202 e. The summed E-state index contributed by atoms with van der Waals surface area (Å²) in [6.45, 7) is 8.33. The Morgan fingerprint density at radius 1 is 1.42 bits per heavy atom. The van der Waals surface area contributed by atoms with Gasteiger partial charge in [-0.25, -0.2) is 0 Å². The SMILES string of the molecule is CC1(C)CNCCN1Cc1cc(-c2ccco2)on1. The van der Waals surface area contributed by atoms with Crippen LogP contribution in [0.5, 0.6) is 0 Å². The molecule has 2 aromatic heterocycles. The van der Waals surface area contributed by atoms with Crippen LogP contribution in [-0.4, -0.2) is 35.2 Å². The lowest BCUT2D eigenvalue weighted by molar-refractivity contribution is 0.0803. The first-order valence-corrected chi connectivity index (χ1v) is 6.60. The van der Waals surface area contributed by atoms with Gasteiger partial charge in [0.25, 0.3) is 0 Å². The van der Waals surface area contributed by atoms with Crippen LogP contribution >= 0.6 is 0 Å². The summed E-state index contributed by atoms with van der Waals surface area (Å²) in [5.74, 6) is 1.41. The van der Waals surface area contributed by atoms with E-state index in [0.717, 1.165) is 37.6 Å². The standard InChI is InChI=1S/C14H19N3O2/c1-14(2)10-15-5-6-17(14)9-11-8-13(19-16-11)12-4-3-7-18-12/h3-4,7-8,15H,5-6,9-10H2,1-2H3. The molecule has 3 rings (SSSR count). The fourth-order valence-corrected chi connectivity index (χ4v) is 2.43. The first kappa shape index (κ1) is 12.4. The number of aromatic nitrogens is 1. The summed E-state index contributed by atoms with van der Waals surface area (Å²) in [6.07, 6.45) is 1.64. The van der Waals surface area contributed by atoms with Crippen LogP contribution in [0, 0.1) is 0 Å². The Morgan fingerprint density at radius 2 is 2.32 bits per heavy atom. The Labute approximate surface area is 112 Å². The van der Waals surface area contributed by atoms with Crippen LogP contribution in [0.4, 0.5) is 0 Å². The normalized spacial score (nSPS) is 19.7. The van der Waals surface area contributed by atoms with Crippen LogP contribution in [0.15, 0.2) is 33.4 Å². The molecule has 0 atom stereocenters. The first-order valence-electron chi connectivity index (χ1n) is 6.60. The molecule has 1 aliphatic heterocycles. The molecule has 0 aliphatic carbocycles. The maximum atomic E-state index is 5.33. The summed E-state index contributed by atoms with van der Waals surface area (Å²) >= 11 is 0. The molecule has 5 nitrogen and oxygen atoms in total. The fourth-order valence-electron chi connectivity index (χ4n) is 2.43. The maximum Gasteiger partial charge on any atom is 0.202 e. The highest BCUT2D eigenvalue weighted by Crippen LogP contribution is 2.23. The highest BCUT2D eigenvalue weighted by Gasteiger charge is 2.30. The quantitative estimate of drug-likeness (QED) is 0.917. The molecular weight excluding hydrogens is 242 g/mol. The van der Waals surface area contributed by atoms with E-state index in [4.69, 9.17) is 8.94 Å². The molecule has 3 heterocycles. The van der Waals surface area contributed by atoms with Gasteiger partial charge in [-0.1, -0.05) is 5.16 Å². The lowest BCUT2D eigenvalue weighted by Gasteiger charge is -2.42. The molecule has 102 valence electrons. The van der Waals surface area contributed by atoms with Crippen molar-refractivity contribution < 1.29 is 8.94 Å². The number of hydrogen-bond acceptors (Lipinski definition) is 5. The van der Waals surface area contributed by atoms with Gasteiger partial charge in [0.2, 0.25) is 5.76 Å². The summed E-state index contributed by atoms with van der Waals surface area (Å²) in [7, 11) is 0. The van der Waals surface area contributed by atoms with E-state index in [1.807, 2.05) is 18.2 Å². The highest BCUT2D eigenvalue weighted by atomic mass is 16.5. The molecule has 1 saturated heterocycles. The number of nitrogens with zero attached hydrogens (tertiary/aromatic N) is 2. The Morgan fingerprint density at radius 3 is 3.05 bits per heavy atom. The number of nitrogens with one attached hydrogen (secondary N) is 1. The molecule has 0 spiro atoms. The van der Waals surface area contributed by atoms with E-state index in [1.165, 1.54) is 0 Å². The van der Waals surface area contributed by atoms with Crippen molar-refractivity contribution in [3.8, 4) is 11.5 Å². The molecule has 0 radical (unpaired) electrons. The minimum absolute atomic E-state index is 0.141. The van der Waals surface area contributed by atoms with Gasteiger partial charge in [-0.15, -0.1) is 0 Å². The minimum atomic E-state index is 0.141. The maximum absolute atomic E-state index is 5.33. The van der Waals surface area contributed by atoms with Gasteiger partial charge in [0.1, 0.15) is 0 Å². The second kappa shape index (κ2) is 4.83. The van der Waals surface area contributed by atoms with Crippen molar-refractivity contribution in [3.05, 3.63) is 30.2 Å². The van der Waals surface area contributed by atoms with Crippen LogP contribution < -0.4 is 5.32 Å². The minimum Gasteiger partial charge on any atom is -0.461 e. The Hall–Kier alpha value is -1.59. The number of piperazine rings is 1. The van der Waals surface area contributed by atoms with E-state index < -0.39 is 0 Å². The summed E-state index contributed by atoms with van der Waals surface area (Å²) < 4.78 is 10.6. The third-order valence-corrected chi connectivity index (χ3v) is 3.65. The monoisotopic (exact) mass is 261 g/mol. The molecule has 0 saturated carbocycles. The third-order valence-electron chi connectivity index (χ3n) is 3.65. The molecule has 5 heteroatoms. The van der Waals surface area contributed by atoms with E-state index in [0.29, 0.717) is 5.76 Å². The van der Waals surface area contributed by atoms with Crippen molar-refractivity contribution in [1.29, 1.82) is 0 Å². The van der Waals surface area contributed by atoms with E-state index in [-0.39, 0.29) is 5.54 Å². The largest absolute Gasteiger partial charge is 0.461 e. The average Bonchev–Trinajstić information content (AvgIpc) is 3.02. The zero-order chi connectivity index (χ0) is 13.3. The summed E-state index contributed by atoms with van der Waals surface area (Å²) in [5.41, 5.74) is 1.09. The molecular formula is C14H19N3O2. The second-order valence-electron chi connectivity index (χ2n) is 5.57. The van der Waals surface area contributed by atoms with Crippen molar-refractivity contribution in [2.24, 2.45) is 0 Å². The van der Waals surface area contributed by atoms with Crippen molar-refractivity contribution in [1.82, 2.24) is 15.4 Å². The zero-order valence-electron chi connectivity index (χ0n) is 11.3. The second-order valence-corrected chi connectivity index (χ2v) is 5.57. The number of rotatable bonds is 3. The van der Waals surface area contributed by atoms with Gasteiger partial charge in [-0.3, -0.25) is 4.90 Å². The van der Waals surface area contributed by atoms with Crippen LogP contribution in [0.1, 0.15) is 19.5 Å². The Bertz CT molecular complexity index is 531. The molecule has 1 N–H and O–H groups in total. The molecule has 1 fully saturated rings. The van der Waals surface area contributed by atoms with E-state index in [2.05, 4.69) is 29.2 Å². The molecule has 2 aromatic rings. The van der Waals surface area contributed by atoms with E-state index in [9.17, 15) is 0 Å². The fraction of sp³-hybridized carbons (Fsp3) is 0.500. The van der Waals surface area contributed by atoms with Gasteiger partial charge < -0.3 is 14.3 Å².